The van der Waals surface area contributed by atoms with E-state index in [-0.39, 0.29) is 24.0 Å². The molecule has 0 aromatic heterocycles. The number of piperazine rings is 1. The minimum Gasteiger partial charge on any atom is -0.379 e. The number of guanidine groups is 1. The fourth-order valence-corrected chi connectivity index (χ4v) is 3.66. The molecule has 28 heavy (non-hydrogen) atoms. The summed E-state index contributed by atoms with van der Waals surface area (Å²) in [5.41, 5.74) is 0. The molecule has 7 nitrogen and oxygen atoms in total. The van der Waals surface area contributed by atoms with E-state index in [0.717, 1.165) is 58.3 Å². The quantitative estimate of drug-likeness (QED) is 0.190. The molecule has 0 aromatic rings. The summed E-state index contributed by atoms with van der Waals surface area (Å²) in [6.07, 6.45) is 3.61. The van der Waals surface area contributed by atoms with E-state index in [9.17, 15) is 0 Å². The number of halogens is 1. The predicted molar refractivity (Wildman–Crippen MR) is 127 cm³/mol. The van der Waals surface area contributed by atoms with Crippen LogP contribution in [0.3, 0.4) is 0 Å². The first kappa shape index (κ1) is 25.9. The Hall–Kier alpha value is -0.160. The summed E-state index contributed by atoms with van der Waals surface area (Å²) in [6, 6.07) is 0. The monoisotopic (exact) mass is 511 g/mol. The minimum absolute atomic E-state index is 0. The number of hydrogen-bond donors (Lipinski definition) is 2. The van der Waals surface area contributed by atoms with Crippen LogP contribution in [0, 0.1) is 5.92 Å². The molecule has 2 heterocycles. The van der Waals surface area contributed by atoms with Crippen LogP contribution in [0.4, 0.5) is 0 Å². The molecule has 0 spiro atoms. The van der Waals surface area contributed by atoms with Crippen LogP contribution < -0.4 is 10.6 Å². The second kappa shape index (κ2) is 15.6. The number of nitrogens with one attached hydrogen (secondary N) is 2. The van der Waals surface area contributed by atoms with Crippen molar-refractivity contribution in [2.75, 3.05) is 79.2 Å². The van der Waals surface area contributed by atoms with Crippen LogP contribution in [0.1, 0.15) is 33.1 Å². The molecule has 2 atom stereocenters. The van der Waals surface area contributed by atoms with Gasteiger partial charge in [0.05, 0.1) is 12.7 Å². The number of nitrogens with zero attached hydrogens (tertiary/aromatic N) is 3. The molecule has 8 heteroatoms. The van der Waals surface area contributed by atoms with Gasteiger partial charge in [-0.2, -0.15) is 0 Å². The standard InChI is InChI=1S/C20H41N5O2.HI/c1-4-24-9-11-25(12-10-24)16-18(2)15-23-20(21-3)22-8-6-13-26-17-19-7-5-14-27-19;/h18-19H,4-17H2,1-3H3,(H2,21,22,23);1H. The van der Waals surface area contributed by atoms with Gasteiger partial charge in [0.15, 0.2) is 5.96 Å². The molecule has 166 valence electrons. The van der Waals surface area contributed by atoms with E-state index in [1.165, 1.54) is 39.1 Å². The highest BCUT2D eigenvalue weighted by atomic mass is 127. The van der Waals surface area contributed by atoms with Crippen molar-refractivity contribution in [3.8, 4) is 0 Å². The summed E-state index contributed by atoms with van der Waals surface area (Å²) >= 11 is 0. The maximum absolute atomic E-state index is 5.70. The second-order valence-electron chi connectivity index (χ2n) is 7.78. The third-order valence-electron chi connectivity index (χ3n) is 5.41. The lowest BCUT2D eigenvalue weighted by Crippen LogP contribution is -2.48. The Kier molecular flexibility index (Phi) is 14.5. The molecule has 2 saturated heterocycles. The van der Waals surface area contributed by atoms with Gasteiger partial charge < -0.3 is 29.9 Å². The first-order valence-electron chi connectivity index (χ1n) is 10.8. The minimum atomic E-state index is 0. The molecule has 2 N–H and O–H groups in total. The van der Waals surface area contributed by atoms with Crippen LogP contribution in [0.5, 0.6) is 0 Å². The summed E-state index contributed by atoms with van der Waals surface area (Å²) in [5.74, 6) is 1.49. The van der Waals surface area contributed by atoms with Gasteiger partial charge in [0.25, 0.3) is 0 Å². The van der Waals surface area contributed by atoms with Gasteiger partial charge in [0.1, 0.15) is 0 Å². The van der Waals surface area contributed by atoms with Crippen molar-refractivity contribution in [1.29, 1.82) is 0 Å². The summed E-state index contributed by atoms with van der Waals surface area (Å²) in [7, 11) is 1.83. The number of hydrogen-bond acceptors (Lipinski definition) is 5. The Labute approximate surface area is 189 Å². The van der Waals surface area contributed by atoms with Crippen molar-refractivity contribution in [3.05, 3.63) is 0 Å². The van der Waals surface area contributed by atoms with E-state index in [0.29, 0.717) is 12.0 Å². The van der Waals surface area contributed by atoms with E-state index < -0.39 is 0 Å². The van der Waals surface area contributed by atoms with Gasteiger partial charge >= 0.3 is 0 Å². The molecule has 2 unspecified atom stereocenters. The Morgan fingerprint density at radius 2 is 1.96 bits per heavy atom. The molecule has 2 rings (SSSR count). The Bertz CT molecular complexity index is 413. The molecule has 2 aliphatic rings. The summed E-state index contributed by atoms with van der Waals surface area (Å²) in [6.45, 7) is 15.9. The SMILES string of the molecule is CCN1CCN(CC(C)CNC(=NC)NCCCOCC2CCCO2)CC1.I. The van der Waals surface area contributed by atoms with Crippen molar-refractivity contribution in [2.24, 2.45) is 10.9 Å². The first-order chi connectivity index (χ1) is 13.2. The first-order valence-corrected chi connectivity index (χ1v) is 10.8. The van der Waals surface area contributed by atoms with Crippen LogP contribution in [0.2, 0.25) is 0 Å². The van der Waals surface area contributed by atoms with Gasteiger partial charge in [0, 0.05) is 66.1 Å². The molecule has 2 aliphatic heterocycles. The van der Waals surface area contributed by atoms with Gasteiger partial charge in [-0.25, -0.2) is 0 Å². The molecular weight excluding hydrogens is 469 g/mol. The fraction of sp³-hybridized carbons (Fsp3) is 0.950. The highest BCUT2D eigenvalue weighted by molar-refractivity contribution is 14.0. The van der Waals surface area contributed by atoms with Gasteiger partial charge in [0.2, 0.25) is 0 Å². The van der Waals surface area contributed by atoms with Crippen molar-refractivity contribution < 1.29 is 9.47 Å². The largest absolute Gasteiger partial charge is 0.379 e. The highest BCUT2D eigenvalue weighted by Crippen LogP contribution is 2.11. The molecule has 2 fully saturated rings. The van der Waals surface area contributed by atoms with Crippen molar-refractivity contribution >= 4 is 29.9 Å². The van der Waals surface area contributed by atoms with Crippen molar-refractivity contribution in [1.82, 2.24) is 20.4 Å². The van der Waals surface area contributed by atoms with Crippen molar-refractivity contribution in [2.45, 2.75) is 39.2 Å². The van der Waals surface area contributed by atoms with Gasteiger partial charge in [-0.3, -0.25) is 4.99 Å². The lowest BCUT2D eigenvalue weighted by molar-refractivity contribution is 0.0168. The third-order valence-corrected chi connectivity index (χ3v) is 5.41. The van der Waals surface area contributed by atoms with Gasteiger partial charge in [-0.15, -0.1) is 24.0 Å². The highest BCUT2D eigenvalue weighted by Gasteiger charge is 2.17. The Morgan fingerprint density at radius 1 is 1.21 bits per heavy atom. The fourth-order valence-electron chi connectivity index (χ4n) is 3.66. The van der Waals surface area contributed by atoms with Crippen LogP contribution >= 0.6 is 24.0 Å². The zero-order valence-electron chi connectivity index (χ0n) is 18.1. The average molecular weight is 511 g/mol. The smallest absolute Gasteiger partial charge is 0.190 e. The molecular formula is C20H42IN5O2. The van der Waals surface area contributed by atoms with E-state index >= 15 is 0 Å². The predicted octanol–water partition coefficient (Wildman–Crippen LogP) is 1.63. The van der Waals surface area contributed by atoms with E-state index in [2.05, 4.69) is 39.3 Å². The molecule has 0 amide bonds. The topological polar surface area (TPSA) is 61.4 Å². The van der Waals surface area contributed by atoms with Crippen molar-refractivity contribution in [3.63, 3.8) is 0 Å². The zero-order valence-corrected chi connectivity index (χ0v) is 20.5. The molecule has 0 aromatic carbocycles. The van der Waals surface area contributed by atoms with Crippen LogP contribution in [-0.2, 0) is 9.47 Å². The van der Waals surface area contributed by atoms with E-state index in [4.69, 9.17) is 9.47 Å². The van der Waals surface area contributed by atoms with Crippen LogP contribution in [0.25, 0.3) is 0 Å². The van der Waals surface area contributed by atoms with Crippen LogP contribution in [-0.4, -0.2) is 101 Å². The van der Waals surface area contributed by atoms with Crippen LogP contribution in [0.15, 0.2) is 4.99 Å². The normalized spacial score (nSPS) is 22.7. The molecule has 0 saturated carbocycles. The zero-order chi connectivity index (χ0) is 19.3. The Morgan fingerprint density at radius 3 is 2.61 bits per heavy atom. The van der Waals surface area contributed by atoms with E-state index in [1.807, 2.05) is 7.05 Å². The second-order valence-corrected chi connectivity index (χ2v) is 7.78. The molecule has 0 aliphatic carbocycles. The van der Waals surface area contributed by atoms with Gasteiger partial charge in [-0.05, 0) is 31.7 Å². The number of rotatable bonds is 11. The number of aliphatic imine (C=N–C) groups is 1. The number of likely N-dealkylation sites (N-methyl/N-ethyl adjacent to an activating group) is 1. The Balaban J connectivity index is 0.00000392. The summed E-state index contributed by atoms with van der Waals surface area (Å²) < 4.78 is 11.3. The lowest BCUT2D eigenvalue weighted by atomic mass is 10.1. The summed E-state index contributed by atoms with van der Waals surface area (Å²) in [5, 5.41) is 6.83. The molecule has 0 bridgehead atoms. The summed E-state index contributed by atoms with van der Waals surface area (Å²) in [4.78, 5) is 9.43. The lowest BCUT2D eigenvalue weighted by Gasteiger charge is -2.35. The molecule has 0 radical (unpaired) electrons. The third kappa shape index (κ3) is 10.6. The average Bonchev–Trinajstić information content (AvgIpc) is 3.21. The van der Waals surface area contributed by atoms with Gasteiger partial charge in [-0.1, -0.05) is 13.8 Å². The maximum atomic E-state index is 5.70. The maximum Gasteiger partial charge on any atom is 0.190 e. The van der Waals surface area contributed by atoms with E-state index in [1.54, 1.807) is 0 Å². The number of ether oxygens (including phenoxy) is 2.